The van der Waals surface area contributed by atoms with E-state index in [0.717, 1.165) is 11.2 Å². The van der Waals surface area contributed by atoms with Crippen molar-refractivity contribution in [2.24, 2.45) is 7.05 Å². The highest BCUT2D eigenvalue weighted by Gasteiger charge is 2.18. The Hall–Kier alpha value is -1.66. The lowest BCUT2D eigenvalue weighted by Crippen LogP contribution is -2.03. The van der Waals surface area contributed by atoms with Gasteiger partial charge in [-0.05, 0) is 31.3 Å². The number of aryl methyl sites for hydroxylation is 2. The van der Waals surface area contributed by atoms with Crippen molar-refractivity contribution < 1.29 is 4.39 Å². The van der Waals surface area contributed by atoms with Crippen LogP contribution in [0, 0.1) is 17.5 Å². The van der Waals surface area contributed by atoms with Crippen molar-refractivity contribution in [2.75, 3.05) is 0 Å². The number of para-hydroxylation sites is 1. The molecule has 4 nitrogen and oxygen atoms in total. The molecule has 3 rings (SSSR count). The van der Waals surface area contributed by atoms with Gasteiger partial charge in [-0.3, -0.25) is 4.57 Å². The van der Waals surface area contributed by atoms with Crippen LogP contribution >= 0.6 is 23.8 Å². The number of imidazole rings is 1. The van der Waals surface area contributed by atoms with Crippen molar-refractivity contribution in [3.8, 4) is 5.69 Å². The average molecular weight is 297 g/mol. The summed E-state index contributed by atoms with van der Waals surface area (Å²) in [4.78, 5) is 3.04. The summed E-state index contributed by atoms with van der Waals surface area (Å²) < 4.78 is 17.7. The van der Waals surface area contributed by atoms with Gasteiger partial charge in [-0.1, -0.05) is 17.7 Å². The first-order valence-electron chi connectivity index (χ1n) is 5.59. The largest absolute Gasteiger partial charge is 0.327 e. The Bertz CT molecular complexity index is 825. The number of fused-ring (bicyclic) bond motifs is 1. The summed E-state index contributed by atoms with van der Waals surface area (Å²) in [5.74, 6) is -0.427. The summed E-state index contributed by atoms with van der Waals surface area (Å²) >= 11 is 11.4. The van der Waals surface area contributed by atoms with Crippen LogP contribution in [-0.2, 0) is 7.05 Å². The van der Waals surface area contributed by atoms with E-state index in [1.54, 1.807) is 28.4 Å². The van der Waals surface area contributed by atoms with Gasteiger partial charge in [-0.25, -0.2) is 9.07 Å². The zero-order chi connectivity index (χ0) is 13.7. The lowest BCUT2D eigenvalue weighted by Gasteiger charge is -2.08. The molecule has 2 aromatic heterocycles. The van der Waals surface area contributed by atoms with Gasteiger partial charge >= 0.3 is 0 Å². The molecule has 0 unspecified atom stereocenters. The second-order valence-corrected chi connectivity index (χ2v) is 5.04. The summed E-state index contributed by atoms with van der Waals surface area (Å²) in [5.41, 5.74) is 2.51. The minimum Gasteiger partial charge on any atom is -0.327 e. The fourth-order valence-electron chi connectivity index (χ4n) is 2.22. The van der Waals surface area contributed by atoms with Crippen molar-refractivity contribution in [3.05, 3.63) is 39.5 Å². The summed E-state index contributed by atoms with van der Waals surface area (Å²) in [6.07, 6.45) is 0. The molecule has 98 valence electrons. The number of rotatable bonds is 1. The fraction of sp³-hybridized carbons (Fsp3) is 0.167. The second kappa shape index (κ2) is 4.18. The van der Waals surface area contributed by atoms with E-state index < -0.39 is 5.82 Å². The van der Waals surface area contributed by atoms with Crippen molar-refractivity contribution in [1.82, 2.24) is 19.3 Å². The minimum absolute atomic E-state index is 0.239. The lowest BCUT2D eigenvalue weighted by atomic mass is 10.3. The predicted molar refractivity (Wildman–Crippen MR) is 74.9 cm³/mol. The number of nitrogens with zero attached hydrogens (tertiary/aromatic N) is 3. The minimum atomic E-state index is -0.427. The van der Waals surface area contributed by atoms with Gasteiger partial charge in [0.05, 0.1) is 10.7 Å². The van der Waals surface area contributed by atoms with E-state index in [0.29, 0.717) is 15.4 Å². The maximum absolute atomic E-state index is 14.1. The van der Waals surface area contributed by atoms with E-state index in [1.165, 1.54) is 6.07 Å². The van der Waals surface area contributed by atoms with Crippen LogP contribution in [0.5, 0.6) is 0 Å². The summed E-state index contributed by atoms with van der Waals surface area (Å²) in [5, 5.41) is 4.59. The molecule has 2 heterocycles. The molecule has 0 aliphatic carbocycles. The molecule has 0 amide bonds. The van der Waals surface area contributed by atoms with Crippen molar-refractivity contribution in [1.29, 1.82) is 0 Å². The van der Waals surface area contributed by atoms with E-state index in [-0.39, 0.29) is 5.69 Å². The standard InChI is InChI=1S/C12H10ClFN4S/c1-6-9-11(17(2)16-6)18(12(19)15-9)10-7(13)4-3-5-8(10)14/h3-5H,1-2H3,(H,15,19). The Morgan fingerprint density at radius 2 is 2.16 bits per heavy atom. The van der Waals surface area contributed by atoms with E-state index in [9.17, 15) is 4.39 Å². The zero-order valence-corrected chi connectivity index (χ0v) is 11.8. The first-order chi connectivity index (χ1) is 9.00. The molecule has 0 saturated carbocycles. The average Bonchev–Trinajstić information content (AvgIpc) is 2.79. The molecule has 0 aliphatic rings. The molecule has 7 heteroatoms. The number of aromatic amines is 1. The van der Waals surface area contributed by atoms with E-state index in [2.05, 4.69) is 10.1 Å². The molecule has 0 fully saturated rings. The Morgan fingerprint density at radius 3 is 2.84 bits per heavy atom. The topological polar surface area (TPSA) is 38.5 Å². The zero-order valence-electron chi connectivity index (χ0n) is 10.2. The highest BCUT2D eigenvalue weighted by Crippen LogP contribution is 2.28. The van der Waals surface area contributed by atoms with Crippen LogP contribution in [0.15, 0.2) is 18.2 Å². The van der Waals surface area contributed by atoms with Gasteiger partial charge in [0, 0.05) is 7.05 Å². The van der Waals surface area contributed by atoms with Gasteiger partial charge in [0.15, 0.2) is 10.4 Å². The first-order valence-corrected chi connectivity index (χ1v) is 6.38. The molecule has 0 spiro atoms. The van der Waals surface area contributed by atoms with Crippen LogP contribution in [0.4, 0.5) is 4.39 Å². The number of H-pyrrole nitrogens is 1. The number of hydrogen-bond donors (Lipinski definition) is 1. The molecule has 1 N–H and O–H groups in total. The summed E-state index contributed by atoms with van der Waals surface area (Å²) in [7, 11) is 1.78. The lowest BCUT2D eigenvalue weighted by molar-refractivity contribution is 0.617. The van der Waals surface area contributed by atoms with E-state index in [4.69, 9.17) is 23.8 Å². The quantitative estimate of drug-likeness (QED) is 0.698. The maximum Gasteiger partial charge on any atom is 0.184 e. The second-order valence-electron chi connectivity index (χ2n) is 4.24. The SMILES string of the molecule is Cc1nn(C)c2c1[nH]c(=S)n2-c1c(F)cccc1Cl. The molecular formula is C12H10ClFN4S. The van der Waals surface area contributed by atoms with Crippen molar-refractivity contribution in [3.63, 3.8) is 0 Å². The number of hydrogen-bond acceptors (Lipinski definition) is 2. The van der Waals surface area contributed by atoms with Crippen molar-refractivity contribution in [2.45, 2.75) is 6.92 Å². The third-order valence-electron chi connectivity index (χ3n) is 3.00. The highest BCUT2D eigenvalue weighted by atomic mass is 35.5. The van der Waals surface area contributed by atoms with E-state index >= 15 is 0 Å². The highest BCUT2D eigenvalue weighted by molar-refractivity contribution is 7.71. The van der Waals surface area contributed by atoms with Crippen LogP contribution in [0.25, 0.3) is 16.9 Å². The maximum atomic E-state index is 14.1. The van der Waals surface area contributed by atoms with Gasteiger partial charge in [0.2, 0.25) is 0 Å². The molecule has 3 aromatic rings. The first kappa shape index (κ1) is 12.4. The molecule has 0 radical (unpaired) electrons. The molecular weight excluding hydrogens is 287 g/mol. The Kier molecular flexibility index (Phi) is 2.72. The number of benzene rings is 1. The molecule has 1 aromatic carbocycles. The van der Waals surface area contributed by atoms with Crippen LogP contribution in [-0.4, -0.2) is 19.3 Å². The van der Waals surface area contributed by atoms with Gasteiger partial charge in [0.25, 0.3) is 0 Å². The van der Waals surface area contributed by atoms with Crippen LogP contribution in [0.3, 0.4) is 0 Å². The van der Waals surface area contributed by atoms with Gasteiger partial charge in [0.1, 0.15) is 17.0 Å². The van der Waals surface area contributed by atoms with Crippen LogP contribution < -0.4 is 0 Å². The van der Waals surface area contributed by atoms with Crippen molar-refractivity contribution >= 4 is 35.0 Å². The van der Waals surface area contributed by atoms with Gasteiger partial charge < -0.3 is 4.98 Å². The molecule has 0 saturated heterocycles. The molecule has 0 aliphatic heterocycles. The number of nitrogens with one attached hydrogen (secondary N) is 1. The van der Waals surface area contributed by atoms with Gasteiger partial charge in [-0.2, -0.15) is 5.10 Å². The Labute approximate surface area is 118 Å². The molecule has 0 bridgehead atoms. The molecule has 0 atom stereocenters. The summed E-state index contributed by atoms with van der Waals surface area (Å²) in [6.45, 7) is 1.86. The number of aromatic nitrogens is 4. The Balaban J connectivity index is 2.50. The third-order valence-corrected chi connectivity index (χ3v) is 3.59. The fourth-order valence-corrected chi connectivity index (χ4v) is 2.75. The normalized spacial score (nSPS) is 11.4. The van der Waals surface area contributed by atoms with Crippen LogP contribution in [0.1, 0.15) is 5.69 Å². The summed E-state index contributed by atoms with van der Waals surface area (Å²) in [6, 6.07) is 4.54. The van der Waals surface area contributed by atoms with Gasteiger partial charge in [-0.15, -0.1) is 0 Å². The monoisotopic (exact) mass is 296 g/mol. The smallest absolute Gasteiger partial charge is 0.184 e. The van der Waals surface area contributed by atoms with E-state index in [1.807, 2.05) is 6.92 Å². The van der Waals surface area contributed by atoms with Crippen LogP contribution in [0.2, 0.25) is 5.02 Å². The molecule has 19 heavy (non-hydrogen) atoms. The Morgan fingerprint density at radius 1 is 1.42 bits per heavy atom. The predicted octanol–water partition coefficient (Wildman–Crippen LogP) is 3.52. The number of halogens is 2. The third kappa shape index (κ3) is 1.71.